The van der Waals surface area contributed by atoms with Crippen LogP contribution in [-0.2, 0) is 14.3 Å². The summed E-state index contributed by atoms with van der Waals surface area (Å²) in [4.78, 5) is 12.7. The van der Waals surface area contributed by atoms with E-state index in [9.17, 15) is 4.79 Å². The molecule has 0 N–H and O–H groups in total. The van der Waals surface area contributed by atoms with Crippen molar-refractivity contribution in [2.75, 3.05) is 40.5 Å². The van der Waals surface area contributed by atoms with Crippen molar-refractivity contribution in [3.05, 3.63) is 0 Å². The number of methoxy groups -OCH3 is 1. The van der Waals surface area contributed by atoms with Gasteiger partial charge in [-0.25, -0.2) is 0 Å². The number of carbonyl (C=O) groups excluding carboxylic acids is 1. The summed E-state index contributed by atoms with van der Waals surface area (Å²) in [6, 6.07) is 0. The molecule has 0 aliphatic carbocycles. The first-order valence-corrected chi connectivity index (χ1v) is 4.03. The summed E-state index contributed by atoms with van der Waals surface area (Å²) in [6.45, 7) is 3.78. The quantitative estimate of drug-likeness (QED) is 0.576. The van der Waals surface area contributed by atoms with Crippen LogP contribution in [0.5, 0.6) is 0 Å². The van der Waals surface area contributed by atoms with Gasteiger partial charge in [-0.2, -0.15) is 0 Å². The average molecular weight is 175 g/mol. The first kappa shape index (κ1) is 11.4. The van der Waals surface area contributed by atoms with Crippen LogP contribution in [0.3, 0.4) is 0 Å². The van der Waals surface area contributed by atoms with Crippen molar-refractivity contribution in [1.29, 1.82) is 0 Å². The topological polar surface area (TPSA) is 38.8 Å². The number of amides is 1. The Hall–Kier alpha value is -0.610. The van der Waals surface area contributed by atoms with Crippen LogP contribution in [0.25, 0.3) is 0 Å². The second kappa shape index (κ2) is 7.06. The van der Waals surface area contributed by atoms with E-state index >= 15 is 0 Å². The number of nitrogens with zero attached hydrogens (tertiary/aromatic N) is 1. The van der Waals surface area contributed by atoms with Crippen LogP contribution < -0.4 is 0 Å². The van der Waals surface area contributed by atoms with Gasteiger partial charge in [0.25, 0.3) is 0 Å². The Labute approximate surface area is 73.4 Å². The van der Waals surface area contributed by atoms with E-state index in [2.05, 4.69) is 0 Å². The molecule has 4 nitrogen and oxygen atoms in total. The molecule has 12 heavy (non-hydrogen) atoms. The number of hydrogen-bond donors (Lipinski definition) is 0. The smallest absolute Gasteiger partial charge is 0.248 e. The number of ether oxygens (including phenoxy) is 2. The molecule has 0 fully saturated rings. The average Bonchev–Trinajstić information content (AvgIpc) is 2.10. The lowest BCUT2D eigenvalue weighted by Gasteiger charge is -2.15. The van der Waals surface area contributed by atoms with Gasteiger partial charge in [0.2, 0.25) is 5.91 Å². The summed E-state index contributed by atoms with van der Waals surface area (Å²) in [7, 11) is 3.35. The highest BCUT2D eigenvalue weighted by Gasteiger charge is 2.06. The Bertz CT molecular complexity index is 127. The molecule has 0 aliphatic rings. The van der Waals surface area contributed by atoms with Crippen molar-refractivity contribution < 1.29 is 14.3 Å². The molecule has 0 rings (SSSR count). The van der Waals surface area contributed by atoms with Crippen molar-refractivity contribution in [3.63, 3.8) is 0 Å². The highest BCUT2D eigenvalue weighted by Crippen LogP contribution is 1.86. The lowest BCUT2D eigenvalue weighted by Crippen LogP contribution is -2.32. The van der Waals surface area contributed by atoms with Gasteiger partial charge in [-0.15, -0.1) is 0 Å². The summed E-state index contributed by atoms with van der Waals surface area (Å²) < 4.78 is 9.80. The van der Waals surface area contributed by atoms with Crippen LogP contribution in [0.2, 0.25) is 0 Å². The third-order valence-electron chi connectivity index (χ3n) is 1.49. The van der Waals surface area contributed by atoms with Crippen LogP contribution in [0.15, 0.2) is 0 Å². The number of rotatable bonds is 6. The van der Waals surface area contributed by atoms with Crippen LogP contribution in [0, 0.1) is 0 Å². The summed E-state index contributed by atoms with van der Waals surface area (Å²) in [5, 5.41) is 0. The molecule has 0 heterocycles. The van der Waals surface area contributed by atoms with Gasteiger partial charge in [0.05, 0.1) is 6.61 Å². The fourth-order valence-electron chi connectivity index (χ4n) is 0.652. The minimum absolute atomic E-state index is 0.00565. The molecule has 0 radical (unpaired) electrons. The molecule has 0 spiro atoms. The summed E-state index contributed by atoms with van der Waals surface area (Å²) in [5.74, 6) is -0.00565. The van der Waals surface area contributed by atoms with Gasteiger partial charge >= 0.3 is 0 Å². The minimum atomic E-state index is -0.00565. The number of carbonyl (C=O) groups is 1. The van der Waals surface area contributed by atoms with Gasteiger partial charge in [0.1, 0.15) is 6.61 Å². The predicted molar refractivity (Wildman–Crippen MR) is 46.0 cm³/mol. The van der Waals surface area contributed by atoms with Crippen molar-refractivity contribution in [2.45, 2.75) is 6.92 Å². The predicted octanol–water partition coefficient (Wildman–Crippen LogP) is 0.128. The van der Waals surface area contributed by atoms with E-state index in [1.54, 1.807) is 19.1 Å². The van der Waals surface area contributed by atoms with Crippen molar-refractivity contribution in [2.24, 2.45) is 0 Å². The fraction of sp³-hybridized carbons (Fsp3) is 0.875. The van der Waals surface area contributed by atoms with Crippen LogP contribution in [0.1, 0.15) is 6.92 Å². The maximum Gasteiger partial charge on any atom is 0.248 e. The maximum atomic E-state index is 11.2. The van der Waals surface area contributed by atoms with E-state index in [0.29, 0.717) is 19.8 Å². The summed E-state index contributed by atoms with van der Waals surface area (Å²) in [6.07, 6.45) is 0. The minimum Gasteiger partial charge on any atom is -0.383 e. The Morgan fingerprint density at radius 2 is 2.17 bits per heavy atom. The number of likely N-dealkylation sites (N-methyl/N-ethyl adjacent to an activating group) is 1. The van der Waals surface area contributed by atoms with Gasteiger partial charge in [0, 0.05) is 27.3 Å². The third-order valence-corrected chi connectivity index (χ3v) is 1.49. The Balaban J connectivity index is 3.47. The molecule has 0 saturated carbocycles. The molecule has 0 aromatic heterocycles. The Morgan fingerprint density at radius 3 is 2.67 bits per heavy atom. The summed E-state index contributed by atoms with van der Waals surface area (Å²) >= 11 is 0. The van der Waals surface area contributed by atoms with Crippen molar-refractivity contribution >= 4 is 5.91 Å². The normalized spacial score (nSPS) is 9.92. The first-order chi connectivity index (χ1) is 5.72. The zero-order valence-electron chi connectivity index (χ0n) is 8.00. The monoisotopic (exact) mass is 175 g/mol. The second-order valence-corrected chi connectivity index (χ2v) is 2.45. The molecule has 4 heteroatoms. The molecule has 0 aromatic carbocycles. The van der Waals surface area contributed by atoms with Gasteiger partial charge in [0.15, 0.2) is 0 Å². The third kappa shape index (κ3) is 5.09. The van der Waals surface area contributed by atoms with Gasteiger partial charge in [-0.05, 0) is 6.92 Å². The Kier molecular flexibility index (Phi) is 6.70. The van der Waals surface area contributed by atoms with E-state index in [4.69, 9.17) is 9.47 Å². The zero-order chi connectivity index (χ0) is 9.40. The molecule has 0 bridgehead atoms. The molecule has 0 unspecified atom stereocenters. The van der Waals surface area contributed by atoms with Crippen molar-refractivity contribution in [1.82, 2.24) is 4.90 Å². The van der Waals surface area contributed by atoms with E-state index in [1.807, 2.05) is 6.92 Å². The first-order valence-electron chi connectivity index (χ1n) is 4.03. The van der Waals surface area contributed by atoms with Crippen molar-refractivity contribution in [3.8, 4) is 0 Å². The van der Waals surface area contributed by atoms with Gasteiger partial charge in [-0.1, -0.05) is 0 Å². The molecule has 1 amide bonds. The van der Waals surface area contributed by atoms with E-state index in [-0.39, 0.29) is 12.5 Å². The molecule has 72 valence electrons. The van der Waals surface area contributed by atoms with Gasteiger partial charge in [-0.3, -0.25) is 4.79 Å². The van der Waals surface area contributed by atoms with Crippen LogP contribution >= 0.6 is 0 Å². The fourth-order valence-corrected chi connectivity index (χ4v) is 0.652. The highest BCUT2D eigenvalue weighted by molar-refractivity contribution is 5.77. The molecule has 0 atom stereocenters. The van der Waals surface area contributed by atoms with Crippen LogP contribution in [-0.4, -0.2) is 51.3 Å². The second-order valence-electron chi connectivity index (χ2n) is 2.45. The molecule has 0 saturated heterocycles. The lowest BCUT2D eigenvalue weighted by atomic mass is 10.5. The lowest BCUT2D eigenvalue weighted by molar-refractivity contribution is -0.135. The summed E-state index contributed by atoms with van der Waals surface area (Å²) in [5.41, 5.74) is 0. The largest absolute Gasteiger partial charge is 0.383 e. The molecule has 0 aromatic rings. The highest BCUT2D eigenvalue weighted by atomic mass is 16.5. The van der Waals surface area contributed by atoms with E-state index < -0.39 is 0 Å². The van der Waals surface area contributed by atoms with Gasteiger partial charge < -0.3 is 14.4 Å². The number of hydrogen-bond acceptors (Lipinski definition) is 3. The zero-order valence-corrected chi connectivity index (χ0v) is 8.00. The Morgan fingerprint density at radius 1 is 1.50 bits per heavy atom. The molecule has 0 aliphatic heterocycles. The van der Waals surface area contributed by atoms with E-state index in [1.165, 1.54) is 0 Å². The maximum absolute atomic E-state index is 11.2. The van der Waals surface area contributed by atoms with Crippen LogP contribution in [0.4, 0.5) is 0 Å². The molecular formula is C8H17NO3. The standard InChI is InChI=1S/C8H17NO3/c1-4-12-7-8(10)9(2)5-6-11-3/h4-7H2,1-3H3. The molecular weight excluding hydrogens is 158 g/mol. The SMILES string of the molecule is CCOCC(=O)N(C)CCOC. The van der Waals surface area contributed by atoms with E-state index in [0.717, 1.165) is 0 Å².